The third kappa shape index (κ3) is 3.39. The van der Waals surface area contributed by atoms with Gasteiger partial charge >= 0.3 is 0 Å². The van der Waals surface area contributed by atoms with Crippen molar-refractivity contribution in [2.45, 2.75) is 44.6 Å². The van der Waals surface area contributed by atoms with E-state index in [2.05, 4.69) is 0 Å². The number of nitrogens with two attached hydrogens (primary N) is 1. The summed E-state index contributed by atoms with van der Waals surface area (Å²) in [6.45, 7) is 0. The molecule has 18 heavy (non-hydrogen) atoms. The summed E-state index contributed by atoms with van der Waals surface area (Å²) in [7, 11) is 0. The van der Waals surface area contributed by atoms with Crippen molar-refractivity contribution >= 4 is 17.4 Å². The average Bonchev–Trinajstić information content (AvgIpc) is 2.60. The van der Waals surface area contributed by atoms with Gasteiger partial charge < -0.3 is 10.5 Å². The first-order valence-corrected chi connectivity index (χ1v) is 6.85. The van der Waals surface area contributed by atoms with Crippen LogP contribution in [0.5, 0.6) is 5.75 Å². The van der Waals surface area contributed by atoms with Gasteiger partial charge in [0.2, 0.25) is 0 Å². The zero-order valence-electron chi connectivity index (χ0n) is 10.4. The lowest BCUT2D eigenvalue weighted by atomic mass is 10.1. The predicted octanol–water partition coefficient (Wildman–Crippen LogP) is 3.73. The van der Waals surface area contributed by atoms with Gasteiger partial charge in [-0.25, -0.2) is 0 Å². The second-order valence-corrected chi connectivity index (χ2v) is 5.20. The van der Waals surface area contributed by atoms with Gasteiger partial charge in [-0.2, -0.15) is 0 Å². The largest absolute Gasteiger partial charge is 0.489 e. The molecule has 0 heterocycles. The van der Waals surface area contributed by atoms with Crippen LogP contribution in [0, 0.1) is 5.41 Å². The van der Waals surface area contributed by atoms with Gasteiger partial charge in [0.05, 0.1) is 11.1 Å². The molecule has 0 atom stereocenters. The van der Waals surface area contributed by atoms with E-state index in [0.29, 0.717) is 16.3 Å². The predicted molar refractivity (Wildman–Crippen MR) is 74.6 cm³/mol. The molecule has 0 amide bonds. The number of benzene rings is 1. The first-order valence-electron chi connectivity index (χ1n) is 6.47. The van der Waals surface area contributed by atoms with Crippen molar-refractivity contribution in [2.75, 3.05) is 0 Å². The molecule has 0 saturated heterocycles. The van der Waals surface area contributed by atoms with Crippen molar-refractivity contribution in [1.82, 2.24) is 0 Å². The highest BCUT2D eigenvalue weighted by atomic mass is 35.5. The minimum Gasteiger partial charge on any atom is -0.489 e. The van der Waals surface area contributed by atoms with Crippen molar-refractivity contribution < 1.29 is 4.74 Å². The maximum atomic E-state index is 7.36. The lowest BCUT2D eigenvalue weighted by Crippen LogP contribution is -2.16. The van der Waals surface area contributed by atoms with Crippen molar-refractivity contribution in [2.24, 2.45) is 5.73 Å². The van der Waals surface area contributed by atoms with Crippen LogP contribution in [-0.2, 0) is 0 Å². The van der Waals surface area contributed by atoms with Crippen molar-refractivity contribution in [3.63, 3.8) is 0 Å². The van der Waals surface area contributed by atoms with Crippen molar-refractivity contribution in [1.29, 1.82) is 5.41 Å². The Balaban J connectivity index is 2.06. The average molecular weight is 267 g/mol. The fourth-order valence-electron chi connectivity index (χ4n) is 2.30. The highest BCUT2D eigenvalue weighted by molar-refractivity contribution is 6.32. The first-order chi connectivity index (χ1) is 8.66. The Labute approximate surface area is 113 Å². The Morgan fingerprint density at radius 2 is 1.89 bits per heavy atom. The van der Waals surface area contributed by atoms with Gasteiger partial charge in [0.15, 0.2) is 0 Å². The van der Waals surface area contributed by atoms with E-state index in [0.717, 1.165) is 12.8 Å². The quantitative estimate of drug-likeness (QED) is 0.498. The summed E-state index contributed by atoms with van der Waals surface area (Å²) < 4.78 is 5.96. The van der Waals surface area contributed by atoms with Gasteiger partial charge in [-0.15, -0.1) is 0 Å². The standard InChI is InChI=1S/C14H19ClN2O/c15-12-9-10(14(16)17)7-8-13(12)18-11-5-3-1-2-4-6-11/h7-9,11H,1-6H2,(H3,16,17). The second-order valence-electron chi connectivity index (χ2n) is 4.79. The molecule has 1 aromatic rings. The van der Waals surface area contributed by atoms with E-state index in [1.54, 1.807) is 12.1 Å². The number of ether oxygens (including phenoxy) is 1. The molecule has 3 nitrogen and oxygen atoms in total. The van der Waals surface area contributed by atoms with Crippen LogP contribution in [0.2, 0.25) is 5.02 Å². The Morgan fingerprint density at radius 3 is 2.44 bits per heavy atom. The molecule has 0 unspecified atom stereocenters. The summed E-state index contributed by atoms with van der Waals surface area (Å²) >= 11 is 6.16. The molecular weight excluding hydrogens is 248 g/mol. The van der Waals surface area contributed by atoms with Crippen LogP contribution in [-0.4, -0.2) is 11.9 Å². The Bertz CT molecular complexity index is 426. The molecule has 1 aliphatic rings. The van der Waals surface area contributed by atoms with Gasteiger partial charge in [-0.05, 0) is 43.9 Å². The molecular formula is C14H19ClN2O. The Hall–Kier alpha value is -1.22. The minimum atomic E-state index is 0.0258. The molecule has 98 valence electrons. The monoisotopic (exact) mass is 266 g/mol. The molecule has 1 aromatic carbocycles. The highest BCUT2D eigenvalue weighted by Crippen LogP contribution is 2.29. The van der Waals surface area contributed by atoms with Crippen LogP contribution in [0.15, 0.2) is 18.2 Å². The second kappa shape index (κ2) is 6.10. The van der Waals surface area contributed by atoms with E-state index in [1.807, 2.05) is 6.07 Å². The van der Waals surface area contributed by atoms with Gasteiger partial charge in [0.25, 0.3) is 0 Å². The van der Waals surface area contributed by atoms with Crippen LogP contribution in [0.1, 0.15) is 44.1 Å². The summed E-state index contributed by atoms with van der Waals surface area (Å²) in [5.41, 5.74) is 6.05. The molecule has 4 heteroatoms. The van der Waals surface area contributed by atoms with Crippen molar-refractivity contribution in [3.8, 4) is 5.75 Å². The Kier molecular flexibility index (Phi) is 4.48. The van der Waals surface area contributed by atoms with E-state index in [-0.39, 0.29) is 11.9 Å². The van der Waals surface area contributed by atoms with Crippen LogP contribution in [0.3, 0.4) is 0 Å². The van der Waals surface area contributed by atoms with E-state index < -0.39 is 0 Å². The summed E-state index contributed by atoms with van der Waals surface area (Å²) in [6.07, 6.45) is 7.54. The Morgan fingerprint density at radius 1 is 1.22 bits per heavy atom. The van der Waals surface area contributed by atoms with Gasteiger partial charge in [-0.3, -0.25) is 5.41 Å². The minimum absolute atomic E-state index is 0.0258. The summed E-state index contributed by atoms with van der Waals surface area (Å²) in [5.74, 6) is 0.728. The van der Waals surface area contributed by atoms with E-state index in [4.69, 9.17) is 27.5 Å². The van der Waals surface area contributed by atoms with Crippen LogP contribution in [0.4, 0.5) is 0 Å². The molecule has 1 saturated carbocycles. The number of hydrogen-bond donors (Lipinski definition) is 2. The van der Waals surface area contributed by atoms with Gasteiger partial charge in [0.1, 0.15) is 11.6 Å². The molecule has 2 rings (SSSR count). The molecule has 0 aromatic heterocycles. The summed E-state index contributed by atoms with van der Waals surface area (Å²) in [5, 5.41) is 7.90. The van der Waals surface area contributed by atoms with Gasteiger partial charge in [0, 0.05) is 5.56 Å². The van der Waals surface area contributed by atoms with E-state index >= 15 is 0 Å². The topological polar surface area (TPSA) is 59.1 Å². The number of rotatable bonds is 3. The van der Waals surface area contributed by atoms with E-state index in [9.17, 15) is 0 Å². The SMILES string of the molecule is N=C(N)c1ccc(OC2CCCCCC2)c(Cl)c1. The highest BCUT2D eigenvalue weighted by Gasteiger charge is 2.15. The smallest absolute Gasteiger partial charge is 0.138 e. The molecule has 1 aliphatic carbocycles. The number of nitrogens with one attached hydrogen (secondary N) is 1. The molecule has 0 aliphatic heterocycles. The first kappa shape index (κ1) is 13.2. The van der Waals surface area contributed by atoms with Crippen LogP contribution in [0.25, 0.3) is 0 Å². The van der Waals surface area contributed by atoms with Crippen molar-refractivity contribution in [3.05, 3.63) is 28.8 Å². The fraction of sp³-hybridized carbons (Fsp3) is 0.500. The summed E-state index contributed by atoms with van der Waals surface area (Å²) in [6, 6.07) is 5.28. The zero-order chi connectivity index (χ0) is 13.0. The molecule has 0 bridgehead atoms. The molecule has 0 radical (unpaired) electrons. The number of amidine groups is 1. The molecule has 3 N–H and O–H groups in total. The summed E-state index contributed by atoms with van der Waals surface area (Å²) in [4.78, 5) is 0. The number of hydrogen-bond acceptors (Lipinski definition) is 2. The normalized spacial score (nSPS) is 17.2. The molecule has 0 spiro atoms. The maximum Gasteiger partial charge on any atom is 0.138 e. The number of nitrogen functional groups attached to an aromatic ring is 1. The fourth-order valence-corrected chi connectivity index (χ4v) is 2.53. The third-order valence-corrected chi connectivity index (χ3v) is 3.63. The van der Waals surface area contributed by atoms with Gasteiger partial charge in [-0.1, -0.05) is 24.4 Å². The van der Waals surface area contributed by atoms with E-state index in [1.165, 1.54) is 25.7 Å². The number of halogens is 1. The van der Waals surface area contributed by atoms with Crippen LogP contribution < -0.4 is 10.5 Å². The lowest BCUT2D eigenvalue weighted by molar-refractivity contribution is 0.184. The maximum absolute atomic E-state index is 7.36. The zero-order valence-corrected chi connectivity index (χ0v) is 11.2. The third-order valence-electron chi connectivity index (χ3n) is 3.34. The lowest BCUT2D eigenvalue weighted by Gasteiger charge is -2.18. The van der Waals surface area contributed by atoms with Crippen LogP contribution >= 0.6 is 11.6 Å². The molecule has 1 fully saturated rings.